The van der Waals surface area contributed by atoms with Crippen LogP contribution in [-0.2, 0) is 5.54 Å². The van der Waals surface area contributed by atoms with Crippen LogP contribution in [0.15, 0.2) is 48.8 Å². The number of rotatable bonds is 7. The summed E-state index contributed by atoms with van der Waals surface area (Å²) in [7, 11) is 0. The SMILES string of the molecule is Cc1nc(NC(C)(C)c2ccccc2)nc(NC2C[C@H](CO)C[C@H]2O)c1-c1nc2cnccc2s1. The van der Waals surface area contributed by atoms with Gasteiger partial charge in [-0.1, -0.05) is 30.3 Å². The van der Waals surface area contributed by atoms with E-state index in [2.05, 4.69) is 41.6 Å². The van der Waals surface area contributed by atoms with Gasteiger partial charge in [-0.2, -0.15) is 4.98 Å². The molecule has 1 fully saturated rings. The van der Waals surface area contributed by atoms with Gasteiger partial charge in [0.15, 0.2) is 0 Å². The van der Waals surface area contributed by atoms with Crippen LogP contribution < -0.4 is 10.6 Å². The van der Waals surface area contributed by atoms with Crippen molar-refractivity contribution < 1.29 is 10.2 Å². The first-order valence-electron chi connectivity index (χ1n) is 11.8. The van der Waals surface area contributed by atoms with Crippen molar-refractivity contribution in [1.29, 1.82) is 0 Å². The maximum absolute atomic E-state index is 10.6. The summed E-state index contributed by atoms with van der Waals surface area (Å²) < 4.78 is 1.04. The largest absolute Gasteiger partial charge is 0.396 e. The zero-order valence-electron chi connectivity index (χ0n) is 20.1. The van der Waals surface area contributed by atoms with Crippen LogP contribution in [-0.4, -0.2) is 48.9 Å². The normalized spacial score (nSPS) is 20.3. The molecule has 0 radical (unpaired) electrons. The number of aliphatic hydroxyl groups is 2. The molecule has 8 nitrogen and oxygen atoms in total. The third kappa shape index (κ3) is 4.84. The number of aromatic nitrogens is 4. The summed E-state index contributed by atoms with van der Waals surface area (Å²) in [6.45, 7) is 6.20. The van der Waals surface area contributed by atoms with Crippen molar-refractivity contribution in [2.45, 2.75) is 51.3 Å². The van der Waals surface area contributed by atoms with Crippen LogP contribution in [0.2, 0.25) is 0 Å². The predicted octanol–water partition coefficient (Wildman–Crippen LogP) is 4.35. The Bertz CT molecular complexity index is 1290. The molecule has 0 amide bonds. The van der Waals surface area contributed by atoms with Crippen molar-refractivity contribution in [3.63, 3.8) is 0 Å². The molecule has 5 rings (SSSR count). The summed E-state index contributed by atoms with van der Waals surface area (Å²) in [6, 6.07) is 11.9. The van der Waals surface area contributed by atoms with Crippen LogP contribution in [0.3, 0.4) is 0 Å². The number of fused-ring (bicyclic) bond motifs is 1. The Morgan fingerprint density at radius 3 is 2.60 bits per heavy atom. The van der Waals surface area contributed by atoms with E-state index in [1.165, 1.54) is 0 Å². The molecule has 3 aromatic heterocycles. The summed E-state index contributed by atoms with van der Waals surface area (Å²) >= 11 is 1.56. The van der Waals surface area contributed by atoms with Gasteiger partial charge in [0.25, 0.3) is 0 Å². The molecule has 9 heteroatoms. The number of thiazole rings is 1. The second-order valence-electron chi connectivity index (χ2n) is 9.67. The molecule has 1 saturated carbocycles. The lowest BCUT2D eigenvalue weighted by atomic mass is 9.94. The molecular formula is C26H30N6O2S. The lowest BCUT2D eigenvalue weighted by molar-refractivity contribution is 0.157. The number of anilines is 2. The van der Waals surface area contributed by atoms with Crippen LogP contribution in [0.4, 0.5) is 11.8 Å². The summed E-state index contributed by atoms with van der Waals surface area (Å²) in [5.41, 5.74) is 3.14. The standard InChI is InChI=1S/C26H30N6O2S/c1-15-22(24-30-19-13-27-10-9-21(19)35-24)23(29-18-11-16(14-33)12-20(18)34)31-25(28-15)32-26(2,3)17-7-5-4-6-8-17/h4-10,13,16,18,20,33-34H,11-12,14H2,1-3H3,(H2,28,29,31,32)/t16-,18?,20+/m0/s1. The Labute approximate surface area is 208 Å². The van der Waals surface area contributed by atoms with Gasteiger partial charge in [-0.05, 0) is 51.2 Å². The average molecular weight is 491 g/mol. The Hall–Kier alpha value is -3.14. The van der Waals surface area contributed by atoms with E-state index in [4.69, 9.17) is 15.0 Å². The summed E-state index contributed by atoms with van der Waals surface area (Å²) in [5, 5.41) is 28.0. The molecule has 0 bridgehead atoms. The van der Waals surface area contributed by atoms with E-state index in [1.54, 1.807) is 23.7 Å². The zero-order chi connectivity index (χ0) is 24.6. The van der Waals surface area contributed by atoms with Crippen LogP contribution in [0.25, 0.3) is 20.8 Å². The summed E-state index contributed by atoms with van der Waals surface area (Å²) in [5.74, 6) is 1.19. The zero-order valence-corrected chi connectivity index (χ0v) is 20.9. The molecule has 1 aliphatic carbocycles. The monoisotopic (exact) mass is 490 g/mol. The third-order valence-corrected chi connectivity index (χ3v) is 7.67. The van der Waals surface area contributed by atoms with Crippen molar-refractivity contribution in [3.05, 3.63) is 60.0 Å². The van der Waals surface area contributed by atoms with Gasteiger partial charge in [0, 0.05) is 12.8 Å². The molecule has 0 saturated heterocycles. The Balaban J connectivity index is 1.55. The highest BCUT2D eigenvalue weighted by Crippen LogP contribution is 2.38. The number of nitrogens with one attached hydrogen (secondary N) is 2. The van der Waals surface area contributed by atoms with Crippen molar-refractivity contribution >= 4 is 33.3 Å². The first kappa shape index (κ1) is 23.6. The number of benzene rings is 1. The van der Waals surface area contributed by atoms with Gasteiger partial charge in [0.05, 0.1) is 39.8 Å². The number of aryl methyl sites for hydroxylation is 1. The quantitative estimate of drug-likeness (QED) is 0.302. The molecule has 4 N–H and O–H groups in total. The molecule has 182 valence electrons. The van der Waals surface area contributed by atoms with Crippen LogP contribution in [0, 0.1) is 12.8 Å². The summed E-state index contributed by atoms with van der Waals surface area (Å²) in [4.78, 5) is 18.7. The molecule has 4 aromatic rings. The minimum absolute atomic E-state index is 0.0633. The van der Waals surface area contributed by atoms with Crippen LogP contribution in [0.5, 0.6) is 0 Å². The highest BCUT2D eigenvalue weighted by Gasteiger charge is 2.34. The van der Waals surface area contributed by atoms with E-state index in [0.717, 1.165) is 32.0 Å². The number of nitrogens with zero attached hydrogens (tertiary/aromatic N) is 4. The number of aliphatic hydroxyl groups excluding tert-OH is 2. The summed E-state index contributed by atoms with van der Waals surface area (Å²) in [6.07, 6.45) is 4.18. The second kappa shape index (κ2) is 9.49. The molecule has 3 heterocycles. The molecule has 0 aliphatic heterocycles. The molecule has 1 aliphatic rings. The molecule has 0 spiro atoms. The van der Waals surface area contributed by atoms with Crippen LogP contribution in [0.1, 0.15) is 37.9 Å². The lowest BCUT2D eigenvalue weighted by Gasteiger charge is -2.28. The first-order valence-corrected chi connectivity index (χ1v) is 12.6. The van der Waals surface area contributed by atoms with Crippen LogP contribution >= 0.6 is 11.3 Å². The van der Waals surface area contributed by atoms with Gasteiger partial charge in [0.2, 0.25) is 5.95 Å². The molecule has 1 aromatic carbocycles. The molecule has 3 atom stereocenters. The average Bonchev–Trinajstić information content (AvgIpc) is 3.42. The van der Waals surface area contributed by atoms with Crippen molar-refractivity contribution in [2.24, 2.45) is 5.92 Å². The van der Waals surface area contributed by atoms with Gasteiger partial charge in [-0.25, -0.2) is 9.97 Å². The van der Waals surface area contributed by atoms with Gasteiger partial charge in [-0.15, -0.1) is 11.3 Å². The number of hydrogen-bond donors (Lipinski definition) is 4. The van der Waals surface area contributed by atoms with E-state index in [1.807, 2.05) is 31.2 Å². The number of pyridine rings is 1. The molecule has 1 unspecified atom stereocenters. The van der Waals surface area contributed by atoms with E-state index >= 15 is 0 Å². The fourth-order valence-electron chi connectivity index (χ4n) is 4.68. The topological polar surface area (TPSA) is 116 Å². The maximum atomic E-state index is 10.6. The van der Waals surface area contributed by atoms with Crippen molar-refractivity contribution in [3.8, 4) is 10.6 Å². The Kier molecular flexibility index (Phi) is 6.39. The fraction of sp³-hybridized carbons (Fsp3) is 0.385. The van der Waals surface area contributed by atoms with Crippen molar-refractivity contribution in [2.75, 3.05) is 17.2 Å². The minimum Gasteiger partial charge on any atom is -0.396 e. The van der Waals surface area contributed by atoms with E-state index in [0.29, 0.717) is 24.6 Å². The van der Waals surface area contributed by atoms with Crippen molar-refractivity contribution in [1.82, 2.24) is 19.9 Å². The van der Waals surface area contributed by atoms with Gasteiger partial charge in [0.1, 0.15) is 16.3 Å². The van der Waals surface area contributed by atoms with E-state index < -0.39 is 11.6 Å². The smallest absolute Gasteiger partial charge is 0.225 e. The van der Waals surface area contributed by atoms with E-state index in [9.17, 15) is 10.2 Å². The predicted molar refractivity (Wildman–Crippen MR) is 139 cm³/mol. The Morgan fingerprint density at radius 2 is 1.89 bits per heavy atom. The van der Waals surface area contributed by atoms with Gasteiger partial charge in [-0.3, -0.25) is 4.98 Å². The minimum atomic E-state index is -0.563. The Morgan fingerprint density at radius 1 is 1.09 bits per heavy atom. The van der Waals surface area contributed by atoms with Gasteiger partial charge < -0.3 is 20.8 Å². The fourth-order valence-corrected chi connectivity index (χ4v) is 5.71. The second-order valence-corrected chi connectivity index (χ2v) is 10.7. The molecular weight excluding hydrogens is 460 g/mol. The highest BCUT2D eigenvalue weighted by atomic mass is 32.1. The van der Waals surface area contributed by atoms with E-state index in [-0.39, 0.29) is 18.6 Å². The third-order valence-electron chi connectivity index (χ3n) is 6.62. The first-order chi connectivity index (χ1) is 16.8. The number of hydrogen-bond acceptors (Lipinski definition) is 9. The van der Waals surface area contributed by atoms with Gasteiger partial charge >= 0.3 is 0 Å². The molecule has 35 heavy (non-hydrogen) atoms. The highest BCUT2D eigenvalue weighted by molar-refractivity contribution is 7.21. The lowest BCUT2D eigenvalue weighted by Crippen LogP contribution is -2.31. The maximum Gasteiger partial charge on any atom is 0.225 e.